The smallest absolute Gasteiger partial charge is 0.299 e. The lowest BCUT2D eigenvalue weighted by Crippen LogP contribution is -2.41. The van der Waals surface area contributed by atoms with E-state index in [0.29, 0.717) is 12.2 Å². The Balaban J connectivity index is 2.22. The van der Waals surface area contributed by atoms with Crippen molar-refractivity contribution in [2.24, 2.45) is 0 Å². The van der Waals surface area contributed by atoms with Crippen LogP contribution >= 0.6 is 0 Å². The summed E-state index contributed by atoms with van der Waals surface area (Å²) in [5, 5.41) is 9.09. The largest absolute Gasteiger partial charge is 0.331 e. The van der Waals surface area contributed by atoms with Crippen LogP contribution in [0.4, 0.5) is 0 Å². The van der Waals surface area contributed by atoms with Gasteiger partial charge in [0.1, 0.15) is 17.3 Å². The maximum absolute atomic E-state index is 12.4. The highest BCUT2D eigenvalue weighted by Gasteiger charge is 2.13. The van der Waals surface area contributed by atoms with Crippen LogP contribution in [-0.4, -0.2) is 18.5 Å². The third kappa shape index (κ3) is 2.76. The monoisotopic (exact) mass is 337 g/mol. The van der Waals surface area contributed by atoms with Crippen LogP contribution in [0.1, 0.15) is 23.7 Å². The van der Waals surface area contributed by atoms with Gasteiger partial charge in [-0.15, -0.1) is 0 Å². The molecule has 0 aliphatic rings. The highest BCUT2D eigenvalue weighted by molar-refractivity contribution is 5.46. The number of hydrogen-bond acceptors (Lipinski definition) is 5. The van der Waals surface area contributed by atoms with Gasteiger partial charge in [-0.05, 0) is 25.5 Å². The maximum Gasteiger partial charge on any atom is 0.331 e. The summed E-state index contributed by atoms with van der Waals surface area (Å²) in [5.74, 6) is 0. The molecule has 0 amide bonds. The van der Waals surface area contributed by atoms with Crippen LogP contribution < -0.4 is 16.8 Å². The molecule has 0 bridgehead atoms. The average Bonchev–Trinajstić information content (AvgIpc) is 2.60. The molecule has 3 heterocycles. The molecule has 8 heteroatoms. The Morgan fingerprint density at radius 2 is 2.04 bits per heavy atom. The van der Waals surface area contributed by atoms with Crippen molar-refractivity contribution in [3.63, 3.8) is 0 Å². The number of fused-ring (bicyclic) bond motifs is 1. The summed E-state index contributed by atoms with van der Waals surface area (Å²) >= 11 is 0. The first-order valence-electron chi connectivity index (χ1n) is 7.68. The summed E-state index contributed by atoms with van der Waals surface area (Å²) < 4.78 is 3.61. The van der Waals surface area contributed by atoms with Crippen LogP contribution in [0.5, 0.6) is 0 Å². The molecule has 0 saturated heterocycles. The molecule has 0 radical (unpaired) electrons. The van der Waals surface area contributed by atoms with Gasteiger partial charge in [-0.1, -0.05) is 6.07 Å². The molecule has 0 spiro atoms. The van der Waals surface area contributed by atoms with Gasteiger partial charge in [0.15, 0.2) is 0 Å². The lowest BCUT2D eigenvalue weighted by atomic mass is 10.3. The van der Waals surface area contributed by atoms with Crippen molar-refractivity contribution < 1.29 is 0 Å². The van der Waals surface area contributed by atoms with Gasteiger partial charge in [-0.2, -0.15) is 5.26 Å². The highest BCUT2D eigenvalue weighted by atomic mass is 16.2. The van der Waals surface area contributed by atoms with E-state index in [-0.39, 0.29) is 23.4 Å². The first-order chi connectivity index (χ1) is 12.0. The Morgan fingerprint density at radius 1 is 1.28 bits per heavy atom. The lowest BCUT2D eigenvalue weighted by molar-refractivity contribution is 0.591. The van der Waals surface area contributed by atoms with E-state index in [9.17, 15) is 14.4 Å². The molecule has 0 atom stereocenters. The predicted molar refractivity (Wildman–Crippen MR) is 90.7 cm³/mol. The first kappa shape index (κ1) is 16.4. The standard InChI is InChI=1S/C17H15N5O3/c1-3-20-9-12(8-18)16(24)22(17(20)25)10-13-7-14(23)21-6-4-5-11(2)15(21)19-13/h4-7,9H,3,10H2,1-2H3. The summed E-state index contributed by atoms with van der Waals surface area (Å²) in [6.45, 7) is 3.70. The minimum atomic E-state index is -0.691. The molecule has 0 aliphatic heterocycles. The van der Waals surface area contributed by atoms with E-state index in [1.165, 1.54) is 21.2 Å². The Morgan fingerprint density at radius 3 is 2.72 bits per heavy atom. The van der Waals surface area contributed by atoms with E-state index >= 15 is 0 Å². The number of rotatable bonds is 3. The van der Waals surface area contributed by atoms with Gasteiger partial charge in [-0.25, -0.2) is 9.78 Å². The third-order valence-corrected chi connectivity index (χ3v) is 3.96. The summed E-state index contributed by atoms with van der Waals surface area (Å²) in [6, 6.07) is 6.64. The fraction of sp³-hybridized carbons (Fsp3) is 0.235. The van der Waals surface area contributed by atoms with Gasteiger partial charge in [0.2, 0.25) is 0 Å². The number of aromatic nitrogens is 4. The lowest BCUT2D eigenvalue weighted by Gasteiger charge is -2.10. The number of nitriles is 1. The van der Waals surface area contributed by atoms with E-state index in [1.807, 2.05) is 13.0 Å². The number of nitrogens with zero attached hydrogens (tertiary/aromatic N) is 5. The van der Waals surface area contributed by atoms with Crippen LogP contribution in [0, 0.1) is 18.3 Å². The van der Waals surface area contributed by atoms with Crippen molar-refractivity contribution in [1.29, 1.82) is 5.26 Å². The average molecular weight is 337 g/mol. The van der Waals surface area contributed by atoms with Gasteiger partial charge < -0.3 is 0 Å². The molecule has 126 valence electrons. The second kappa shape index (κ2) is 6.20. The second-order valence-corrected chi connectivity index (χ2v) is 5.58. The molecule has 8 nitrogen and oxygen atoms in total. The van der Waals surface area contributed by atoms with Crippen LogP contribution in [0.15, 0.2) is 45.0 Å². The summed E-state index contributed by atoms with van der Waals surface area (Å²) in [5.41, 5.74) is -0.117. The molecule has 0 aromatic carbocycles. The van der Waals surface area contributed by atoms with Crippen molar-refractivity contribution in [2.75, 3.05) is 0 Å². The van der Waals surface area contributed by atoms with E-state index in [0.717, 1.165) is 10.1 Å². The molecular weight excluding hydrogens is 322 g/mol. The van der Waals surface area contributed by atoms with Gasteiger partial charge in [-0.3, -0.25) is 23.1 Å². The molecule has 0 fully saturated rings. The van der Waals surface area contributed by atoms with Crippen LogP contribution in [0.3, 0.4) is 0 Å². The molecule has 0 aliphatic carbocycles. The maximum atomic E-state index is 12.4. The third-order valence-electron chi connectivity index (χ3n) is 3.96. The van der Waals surface area contributed by atoms with Crippen molar-refractivity contribution in [3.8, 4) is 6.07 Å². The van der Waals surface area contributed by atoms with Gasteiger partial charge >= 0.3 is 5.69 Å². The highest BCUT2D eigenvalue weighted by Crippen LogP contribution is 2.06. The van der Waals surface area contributed by atoms with Crippen LogP contribution in [-0.2, 0) is 13.1 Å². The molecule has 3 aromatic rings. The van der Waals surface area contributed by atoms with Gasteiger partial charge in [0, 0.05) is 25.0 Å². The van der Waals surface area contributed by atoms with Crippen molar-refractivity contribution in [1.82, 2.24) is 18.5 Å². The molecule has 3 rings (SSSR count). The van der Waals surface area contributed by atoms with E-state index < -0.39 is 11.2 Å². The van der Waals surface area contributed by atoms with Gasteiger partial charge in [0.25, 0.3) is 11.1 Å². The molecule has 3 aromatic heterocycles. The Kier molecular flexibility index (Phi) is 4.07. The molecule has 0 unspecified atom stereocenters. The summed E-state index contributed by atoms with van der Waals surface area (Å²) in [6.07, 6.45) is 2.85. The topological polar surface area (TPSA) is 102 Å². The van der Waals surface area contributed by atoms with Crippen molar-refractivity contribution in [3.05, 3.63) is 78.6 Å². The zero-order chi connectivity index (χ0) is 18.1. The quantitative estimate of drug-likeness (QED) is 0.682. The second-order valence-electron chi connectivity index (χ2n) is 5.58. The molecular formula is C17H15N5O3. The minimum absolute atomic E-state index is 0.129. The summed E-state index contributed by atoms with van der Waals surface area (Å²) in [4.78, 5) is 41.4. The fourth-order valence-electron chi connectivity index (χ4n) is 2.65. The Hall–Kier alpha value is -3.47. The van der Waals surface area contributed by atoms with Crippen molar-refractivity contribution in [2.45, 2.75) is 26.9 Å². The Bertz CT molecular complexity index is 1190. The van der Waals surface area contributed by atoms with E-state index in [1.54, 1.807) is 25.3 Å². The van der Waals surface area contributed by atoms with Gasteiger partial charge in [0.05, 0.1) is 12.2 Å². The zero-order valence-corrected chi connectivity index (χ0v) is 13.8. The summed E-state index contributed by atoms with van der Waals surface area (Å²) in [7, 11) is 0. The molecule has 0 saturated carbocycles. The van der Waals surface area contributed by atoms with E-state index in [2.05, 4.69) is 4.98 Å². The molecule has 0 N–H and O–H groups in total. The number of aryl methyl sites for hydroxylation is 2. The van der Waals surface area contributed by atoms with Crippen LogP contribution in [0.25, 0.3) is 5.65 Å². The fourth-order valence-corrected chi connectivity index (χ4v) is 2.65. The van der Waals surface area contributed by atoms with Crippen LogP contribution in [0.2, 0.25) is 0 Å². The molecule has 25 heavy (non-hydrogen) atoms. The minimum Gasteiger partial charge on any atom is -0.299 e. The first-order valence-corrected chi connectivity index (χ1v) is 7.68. The SMILES string of the molecule is CCn1cc(C#N)c(=O)n(Cc2cc(=O)n3cccc(C)c3n2)c1=O. The predicted octanol–water partition coefficient (Wildman–Crippen LogP) is 0.266. The Labute approximate surface area is 141 Å². The van der Waals surface area contributed by atoms with E-state index in [4.69, 9.17) is 5.26 Å². The number of hydrogen-bond donors (Lipinski definition) is 0. The number of pyridine rings is 1. The van der Waals surface area contributed by atoms with Crippen molar-refractivity contribution >= 4 is 5.65 Å². The zero-order valence-electron chi connectivity index (χ0n) is 13.8. The normalized spacial score (nSPS) is 10.8.